The number of H-pyrrole nitrogens is 1. The van der Waals surface area contributed by atoms with Crippen molar-refractivity contribution in [2.24, 2.45) is 0 Å². The van der Waals surface area contributed by atoms with E-state index in [1.807, 2.05) is 12.1 Å². The molecule has 1 aromatic carbocycles. The number of aromatic nitrogens is 2. The molecule has 1 atom stereocenters. The van der Waals surface area contributed by atoms with Gasteiger partial charge in [-0.05, 0) is 43.5 Å². The lowest BCUT2D eigenvalue weighted by molar-refractivity contribution is -0.144. The Labute approximate surface area is 181 Å². The Morgan fingerprint density at radius 3 is 2.52 bits per heavy atom. The number of carbonyl (C=O) groups is 2. The molecule has 1 amide bonds. The number of amides is 1. The zero-order chi connectivity index (χ0) is 22.3. The molecule has 0 aliphatic carbocycles. The predicted molar refractivity (Wildman–Crippen MR) is 116 cm³/mol. The summed E-state index contributed by atoms with van der Waals surface area (Å²) >= 11 is 0. The zero-order valence-electron chi connectivity index (χ0n) is 17.3. The molecule has 0 radical (unpaired) electrons. The Hall–Kier alpha value is -3.08. The SMILES string of the molecule is COC(=O)[C@H](Cc1cnc[nH]1)NC(=O)CS(=O)(=O)Nc1ccc(N2CCCCC2)cc1. The van der Waals surface area contributed by atoms with Crippen LogP contribution in [0, 0.1) is 0 Å². The van der Waals surface area contributed by atoms with Crippen molar-refractivity contribution in [2.45, 2.75) is 31.7 Å². The molecular weight excluding hydrogens is 422 g/mol. The van der Waals surface area contributed by atoms with Crippen LogP contribution in [0.4, 0.5) is 11.4 Å². The van der Waals surface area contributed by atoms with Gasteiger partial charge in [0, 0.05) is 42.8 Å². The van der Waals surface area contributed by atoms with E-state index in [-0.39, 0.29) is 6.42 Å². The molecule has 1 saturated heterocycles. The smallest absolute Gasteiger partial charge is 0.328 e. The fourth-order valence-electron chi connectivity index (χ4n) is 3.47. The molecular formula is C20H27N5O5S. The maximum atomic E-state index is 12.4. The number of methoxy groups -OCH3 is 1. The van der Waals surface area contributed by atoms with Gasteiger partial charge in [0.1, 0.15) is 11.8 Å². The van der Waals surface area contributed by atoms with Crippen molar-refractivity contribution >= 4 is 33.3 Å². The number of piperidine rings is 1. The average Bonchev–Trinajstić information content (AvgIpc) is 3.26. The number of hydrogen-bond acceptors (Lipinski definition) is 7. The van der Waals surface area contributed by atoms with Gasteiger partial charge in [0.15, 0.2) is 0 Å². The van der Waals surface area contributed by atoms with Gasteiger partial charge in [-0.3, -0.25) is 9.52 Å². The molecule has 0 bridgehead atoms. The van der Waals surface area contributed by atoms with Crippen molar-refractivity contribution in [1.29, 1.82) is 0 Å². The third kappa shape index (κ3) is 6.71. The van der Waals surface area contributed by atoms with Gasteiger partial charge in [0.25, 0.3) is 0 Å². The van der Waals surface area contributed by atoms with Gasteiger partial charge in [-0.15, -0.1) is 0 Å². The van der Waals surface area contributed by atoms with Crippen LogP contribution < -0.4 is 14.9 Å². The van der Waals surface area contributed by atoms with Crippen LogP contribution in [-0.4, -0.2) is 62.3 Å². The summed E-state index contributed by atoms with van der Waals surface area (Å²) in [6.07, 6.45) is 6.58. The molecule has 0 unspecified atom stereocenters. The molecule has 31 heavy (non-hydrogen) atoms. The van der Waals surface area contributed by atoms with Gasteiger partial charge in [-0.1, -0.05) is 0 Å². The van der Waals surface area contributed by atoms with Gasteiger partial charge in [-0.2, -0.15) is 0 Å². The fourth-order valence-corrected chi connectivity index (χ4v) is 4.46. The second-order valence-corrected chi connectivity index (χ2v) is 9.10. The van der Waals surface area contributed by atoms with Crippen LogP contribution in [-0.2, 0) is 30.8 Å². The molecule has 1 aliphatic rings. The first-order valence-corrected chi connectivity index (χ1v) is 11.7. The summed E-state index contributed by atoms with van der Waals surface area (Å²) in [5, 5.41) is 2.41. The number of aromatic amines is 1. The molecule has 3 N–H and O–H groups in total. The van der Waals surface area contributed by atoms with Crippen molar-refractivity contribution < 1.29 is 22.7 Å². The number of nitrogens with one attached hydrogen (secondary N) is 3. The number of ether oxygens (including phenoxy) is 1. The number of esters is 1. The minimum absolute atomic E-state index is 0.101. The van der Waals surface area contributed by atoms with E-state index in [0.717, 1.165) is 31.6 Å². The van der Waals surface area contributed by atoms with E-state index < -0.39 is 33.7 Å². The molecule has 1 fully saturated rings. The van der Waals surface area contributed by atoms with Crippen LogP contribution in [0.15, 0.2) is 36.8 Å². The summed E-state index contributed by atoms with van der Waals surface area (Å²) in [7, 11) is -2.76. The lowest BCUT2D eigenvalue weighted by Crippen LogP contribution is -2.45. The summed E-state index contributed by atoms with van der Waals surface area (Å²) in [6, 6.07) is 6.04. The number of rotatable bonds is 9. The van der Waals surface area contributed by atoms with E-state index in [0.29, 0.717) is 11.4 Å². The molecule has 2 aromatic rings. The topological polar surface area (TPSA) is 133 Å². The van der Waals surface area contributed by atoms with Crippen LogP contribution in [0.25, 0.3) is 0 Å². The Kier molecular flexibility index (Phi) is 7.50. The number of nitrogens with zero attached hydrogens (tertiary/aromatic N) is 2. The third-order valence-corrected chi connectivity index (χ3v) is 6.17. The van der Waals surface area contributed by atoms with Crippen molar-refractivity contribution in [2.75, 3.05) is 35.6 Å². The standard InChI is InChI=1S/C20H27N5O5S/c1-30-20(27)18(11-16-12-21-14-22-16)23-19(26)13-31(28,29)24-15-5-7-17(8-6-15)25-9-3-2-4-10-25/h5-8,12,14,18,24H,2-4,9-11,13H2,1H3,(H,21,22)(H,23,26)/t18-/m0/s1. The fraction of sp³-hybridized carbons (Fsp3) is 0.450. The first-order valence-electron chi connectivity index (χ1n) is 10.1. The highest BCUT2D eigenvalue weighted by atomic mass is 32.2. The second-order valence-electron chi connectivity index (χ2n) is 7.38. The molecule has 0 saturated carbocycles. The molecule has 1 aliphatic heterocycles. The molecule has 1 aromatic heterocycles. The summed E-state index contributed by atoms with van der Waals surface area (Å²) in [5.41, 5.74) is 2.01. The van der Waals surface area contributed by atoms with Gasteiger partial charge in [0.05, 0.1) is 13.4 Å². The second kappa shape index (κ2) is 10.3. The Balaban J connectivity index is 1.57. The van der Waals surface area contributed by atoms with Crippen LogP contribution in [0.1, 0.15) is 25.0 Å². The normalized spacial score (nSPS) is 15.2. The van der Waals surface area contributed by atoms with Gasteiger partial charge in [-0.25, -0.2) is 18.2 Å². The summed E-state index contributed by atoms with van der Waals surface area (Å²) in [5.74, 6) is -2.31. The van der Waals surface area contributed by atoms with E-state index in [2.05, 4.69) is 24.9 Å². The van der Waals surface area contributed by atoms with Gasteiger partial charge < -0.3 is 19.9 Å². The average molecular weight is 450 g/mol. The minimum Gasteiger partial charge on any atom is -0.467 e. The first-order chi connectivity index (χ1) is 14.9. The van der Waals surface area contributed by atoms with E-state index in [1.165, 1.54) is 26.1 Å². The van der Waals surface area contributed by atoms with E-state index in [4.69, 9.17) is 4.74 Å². The lowest BCUT2D eigenvalue weighted by Gasteiger charge is -2.28. The highest BCUT2D eigenvalue weighted by Gasteiger charge is 2.25. The molecule has 2 heterocycles. The number of anilines is 2. The summed E-state index contributed by atoms with van der Waals surface area (Å²) < 4.78 is 31.9. The number of imidazole rings is 1. The Morgan fingerprint density at radius 1 is 1.19 bits per heavy atom. The van der Waals surface area contributed by atoms with Crippen molar-refractivity contribution in [1.82, 2.24) is 15.3 Å². The Morgan fingerprint density at radius 2 is 1.90 bits per heavy atom. The lowest BCUT2D eigenvalue weighted by atomic mass is 10.1. The van der Waals surface area contributed by atoms with Crippen molar-refractivity contribution in [3.63, 3.8) is 0 Å². The maximum Gasteiger partial charge on any atom is 0.328 e. The van der Waals surface area contributed by atoms with Crippen LogP contribution in [0.3, 0.4) is 0 Å². The van der Waals surface area contributed by atoms with Crippen molar-refractivity contribution in [3.05, 3.63) is 42.5 Å². The Bertz CT molecular complexity index is 970. The summed E-state index contributed by atoms with van der Waals surface area (Å²) in [4.78, 5) is 33.2. The minimum atomic E-state index is -3.96. The molecule has 0 spiro atoms. The molecule has 168 valence electrons. The molecule has 3 rings (SSSR count). The predicted octanol–water partition coefficient (Wildman–Crippen LogP) is 1.04. The number of carbonyl (C=O) groups excluding carboxylic acids is 2. The van der Waals surface area contributed by atoms with Crippen LogP contribution in [0.5, 0.6) is 0 Å². The summed E-state index contributed by atoms with van der Waals surface area (Å²) in [6.45, 7) is 1.98. The number of hydrogen-bond donors (Lipinski definition) is 3. The van der Waals surface area contributed by atoms with Crippen LogP contribution >= 0.6 is 0 Å². The zero-order valence-corrected chi connectivity index (χ0v) is 18.2. The van der Waals surface area contributed by atoms with E-state index in [1.54, 1.807) is 12.1 Å². The molecule has 10 nitrogen and oxygen atoms in total. The van der Waals surface area contributed by atoms with E-state index >= 15 is 0 Å². The molecule has 11 heteroatoms. The quantitative estimate of drug-likeness (QED) is 0.487. The van der Waals surface area contributed by atoms with Gasteiger partial charge in [0.2, 0.25) is 15.9 Å². The largest absolute Gasteiger partial charge is 0.467 e. The van der Waals surface area contributed by atoms with Crippen LogP contribution in [0.2, 0.25) is 0 Å². The number of sulfonamides is 1. The van der Waals surface area contributed by atoms with Gasteiger partial charge >= 0.3 is 5.97 Å². The van der Waals surface area contributed by atoms with Crippen molar-refractivity contribution in [3.8, 4) is 0 Å². The number of benzene rings is 1. The highest BCUT2D eigenvalue weighted by Crippen LogP contribution is 2.22. The highest BCUT2D eigenvalue weighted by molar-refractivity contribution is 7.93. The first kappa shape index (κ1) is 22.6. The third-order valence-electron chi connectivity index (χ3n) is 4.98. The monoisotopic (exact) mass is 449 g/mol. The van der Waals surface area contributed by atoms with E-state index in [9.17, 15) is 18.0 Å². The maximum absolute atomic E-state index is 12.4.